The lowest BCUT2D eigenvalue weighted by molar-refractivity contribution is -0.142. The number of hydrogen-bond acceptors (Lipinski definition) is 2. The zero-order valence-corrected chi connectivity index (χ0v) is 12.7. The molecule has 2 amide bonds. The second kappa shape index (κ2) is 8.18. The number of nitrogens with zero attached hydrogens (tertiary/aromatic N) is 2. The number of unbranched alkanes of at least 4 members (excludes halogenated alkanes) is 1. The maximum atomic E-state index is 12.2. The Labute approximate surface area is 117 Å². The standard InChI is InChI=1S/C15H28N2O2/c1-4-7-8-14(18)16-9-11-17(12-10-16)15(19)13(5-2)6-3/h13H,4-12H2,1-3H3. The Balaban J connectivity index is 2.40. The summed E-state index contributed by atoms with van der Waals surface area (Å²) in [6.07, 6.45) is 4.48. The Bertz CT molecular complexity index is 293. The first-order valence-corrected chi connectivity index (χ1v) is 7.70. The van der Waals surface area contributed by atoms with Gasteiger partial charge in [-0.2, -0.15) is 0 Å². The SMILES string of the molecule is CCCCC(=O)N1CCN(C(=O)C(CC)CC)CC1. The van der Waals surface area contributed by atoms with Crippen molar-refractivity contribution in [2.24, 2.45) is 5.92 Å². The second-order valence-electron chi connectivity index (χ2n) is 5.32. The third kappa shape index (κ3) is 4.51. The van der Waals surface area contributed by atoms with Crippen molar-refractivity contribution in [3.05, 3.63) is 0 Å². The number of hydrogen-bond donors (Lipinski definition) is 0. The van der Waals surface area contributed by atoms with Gasteiger partial charge in [-0.15, -0.1) is 0 Å². The van der Waals surface area contributed by atoms with E-state index in [0.29, 0.717) is 32.6 Å². The van der Waals surface area contributed by atoms with E-state index in [4.69, 9.17) is 0 Å². The predicted octanol–water partition coefficient (Wildman–Crippen LogP) is 2.28. The number of carbonyl (C=O) groups is 2. The molecule has 1 rings (SSSR count). The van der Waals surface area contributed by atoms with E-state index in [9.17, 15) is 9.59 Å². The fourth-order valence-corrected chi connectivity index (χ4v) is 2.56. The van der Waals surface area contributed by atoms with Crippen molar-refractivity contribution in [2.45, 2.75) is 52.9 Å². The minimum Gasteiger partial charge on any atom is -0.339 e. The molecule has 110 valence electrons. The van der Waals surface area contributed by atoms with Gasteiger partial charge in [-0.1, -0.05) is 27.2 Å². The smallest absolute Gasteiger partial charge is 0.225 e. The highest BCUT2D eigenvalue weighted by molar-refractivity contribution is 5.80. The van der Waals surface area contributed by atoms with Crippen LogP contribution in [0.4, 0.5) is 0 Å². The van der Waals surface area contributed by atoms with Gasteiger partial charge in [0.15, 0.2) is 0 Å². The lowest BCUT2D eigenvalue weighted by atomic mass is 10.0. The van der Waals surface area contributed by atoms with Crippen molar-refractivity contribution in [3.8, 4) is 0 Å². The molecule has 0 unspecified atom stereocenters. The molecule has 4 nitrogen and oxygen atoms in total. The Morgan fingerprint density at radius 2 is 1.47 bits per heavy atom. The van der Waals surface area contributed by atoms with Gasteiger partial charge in [-0.3, -0.25) is 9.59 Å². The van der Waals surface area contributed by atoms with Gasteiger partial charge in [0.25, 0.3) is 0 Å². The van der Waals surface area contributed by atoms with E-state index in [1.807, 2.05) is 9.80 Å². The van der Waals surface area contributed by atoms with E-state index >= 15 is 0 Å². The maximum Gasteiger partial charge on any atom is 0.225 e. The van der Waals surface area contributed by atoms with Gasteiger partial charge in [0, 0.05) is 38.5 Å². The molecule has 1 saturated heterocycles. The molecule has 1 aliphatic heterocycles. The Hall–Kier alpha value is -1.06. The highest BCUT2D eigenvalue weighted by Gasteiger charge is 2.26. The highest BCUT2D eigenvalue weighted by Crippen LogP contribution is 2.14. The summed E-state index contributed by atoms with van der Waals surface area (Å²) in [4.78, 5) is 28.0. The lowest BCUT2D eigenvalue weighted by Crippen LogP contribution is -2.51. The quantitative estimate of drug-likeness (QED) is 0.741. The topological polar surface area (TPSA) is 40.6 Å². The number of piperazine rings is 1. The molecule has 0 aromatic carbocycles. The van der Waals surface area contributed by atoms with Crippen molar-refractivity contribution in [1.29, 1.82) is 0 Å². The van der Waals surface area contributed by atoms with E-state index < -0.39 is 0 Å². The van der Waals surface area contributed by atoms with Gasteiger partial charge in [0.2, 0.25) is 11.8 Å². The zero-order valence-electron chi connectivity index (χ0n) is 12.7. The van der Waals surface area contributed by atoms with Crippen LogP contribution in [-0.2, 0) is 9.59 Å². The van der Waals surface area contributed by atoms with Crippen LogP contribution in [0.1, 0.15) is 52.9 Å². The van der Waals surface area contributed by atoms with Crippen LogP contribution in [0.2, 0.25) is 0 Å². The molecule has 1 heterocycles. The van der Waals surface area contributed by atoms with E-state index in [1.165, 1.54) is 0 Å². The largest absolute Gasteiger partial charge is 0.339 e. The molecule has 0 saturated carbocycles. The van der Waals surface area contributed by atoms with Crippen LogP contribution in [0.15, 0.2) is 0 Å². The first kappa shape index (κ1) is 16.0. The van der Waals surface area contributed by atoms with Gasteiger partial charge in [0.05, 0.1) is 0 Å². The number of carbonyl (C=O) groups excluding carboxylic acids is 2. The fraction of sp³-hybridized carbons (Fsp3) is 0.867. The summed E-state index contributed by atoms with van der Waals surface area (Å²) in [5, 5.41) is 0. The van der Waals surface area contributed by atoms with E-state index in [-0.39, 0.29) is 17.7 Å². The number of amides is 2. The molecule has 4 heteroatoms. The highest BCUT2D eigenvalue weighted by atomic mass is 16.2. The molecule has 0 aliphatic carbocycles. The van der Waals surface area contributed by atoms with Crippen LogP contribution < -0.4 is 0 Å². The normalized spacial score (nSPS) is 16.0. The van der Waals surface area contributed by atoms with Crippen LogP contribution in [0, 0.1) is 5.92 Å². The summed E-state index contributed by atoms with van der Waals surface area (Å²) in [5.74, 6) is 0.671. The third-order valence-electron chi connectivity index (χ3n) is 4.02. The van der Waals surface area contributed by atoms with Crippen molar-refractivity contribution in [3.63, 3.8) is 0 Å². The minimum atomic E-state index is 0.155. The molecule has 0 spiro atoms. The summed E-state index contributed by atoms with van der Waals surface area (Å²) in [6.45, 7) is 9.04. The van der Waals surface area contributed by atoms with Crippen molar-refractivity contribution >= 4 is 11.8 Å². The van der Waals surface area contributed by atoms with E-state index in [2.05, 4.69) is 20.8 Å². The van der Waals surface area contributed by atoms with Crippen LogP contribution in [-0.4, -0.2) is 47.8 Å². The first-order valence-electron chi connectivity index (χ1n) is 7.70. The molecule has 0 aromatic heterocycles. The Kier molecular flexibility index (Phi) is 6.89. The monoisotopic (exact) mass is 268 g/mol. The van der Waals surface area contributed by atoms with Crippen molar-refractivity contribution < 1.29 is 9.59 Å². The van der Waals surface area contributed by atoms with Gasteiger partial charge < -0.3 is 9.80 Å². The maximum absolute atomic E-state index is 12.2. The van der Waals surface area contributed by atoms with E-state index in [1.54, 1.807) is 0 Å². The van der Waals surface area contributed by atoms with Crippen molar-refractivity contribution in [1.82, 2.24) is 9.80 Å². The predicted molar refractivity (Wildman–Crippen MR) is 76.8 cm³/mol. The summed E-state index contributed by atoms with van der Waals surface area (Å²) in [6, 6.07) is 0. The Morgan fingerprint density at radius 3 is 1.95 bits per heavy atom. The second-order valence-corrected chi connectivity index (χ2v) is 5.32. The summed E-state index contributed by atoms with van der Waals surface area (Å²) >= 11 is 0. The van der Waals surface area contributed by atoms with Gasteiger partial charge in [0.1, 0.15) is 0 Å². The summed E-state index contributed by atoms with van der Waals surface area (Å²) in [5.41, 5.74) is 0. The van der Waals surface area contributed by atoms with Crippen LogP contribution in [0.3, 0.4) is 0 Å². The fourth-order valence-electron chi connectivity index (χ4n) is 2.56. The Morgan fingerprint density at radius 1 is 0.947 bits per heavy atom. The molecule has 0 aromatic rings. The minimum absolute atomic E-state index is 0.155. The molecular weight excluding hydrogens is 240 g/mol. The molecule has 0 atom stereocenters. The van der Waals surface area contributed by atoms with Gasteiger partial charge >= 0.3 is 0 Å². The van der Waals surface area contributed by atoms with Crippen LogP contribution >= 0.6 is 0 Å². The van der Waals surface area contributed by atoms with Crippen molar-refractivity contribution in [2.75, 3.05) is 26.2 Å². The van der Waals surface area contributed by atoms with Gasteiger partial charge in [-0.25, -0.2) is 0 Å². The molecule has 0 bridgehead atoms. The molecule has 0 N–H and O–H groups in total. The molecule has 1 aliphatic rings. The lowest BCUT2D eigenvalue weighted by Gasteiger charge is -2.36. The van der Waals surface area contributed by atoms with Gasteiger partial charge in [-0.05, 0) is 19.3 Å². The molecular formula is C15H28N2O2. The third-order valence-corrected chi connectivity index (χ3v) is 4.02. The first-order chi connectivity index (χ1) is 9.13. The average Bonchev–Trinajstić information content (AvgIpc) is 2.46. The average molecular weight is 268 g/mol. The van der Waals surface area contributed by atoms with Crippen LogP contribution in [0.25, 0.3) is 0 Å². The molecule has 1 fully saturated rings. The molecule has 19 heavy (non-hydrogen) atoms. The molecule has 0 radical (unpaired) electrons. The summed E-state index contributed by atoms with van der Waals surface area (Å²) in [7, 11) is 0. The summed E-state index contributed by atoms with van der Waals surface area (Å²) < 4.78 is 0. The van der Waals surface area contributed by atoms with E-state index in [0.717, 1.165) is 25.7 Å². The zero-order chi connectivity index (χ0) is 14.3. The van der Waals surface area contributed by atoms with Crippen LogP contribution in [0.5, 0.6) is 0 Å². The number of rotatable bonds is 6.